The van der Waals surface area contributed by atoms with Crippen LogP contribution in [0.5, 0.6) is 0 Å². The predicted octanol–water partition coefficient (Wildman–Crippen LogP) is 15.1. The first-order valence-electron chi connectivity index (χ1n) is 21.1. The Balaban J connectivity index is 0.985. The molecule has 63 heavy (non-hydrogen) atoms. The van der Waals surface area contributed by atoms with Gasteiger partial charge in [-0.05, 0) is 76.9 Å². The minimum Gasteiger partial charge on any atom is -0.456 e. The molecule has 6 nitrogen and oxygen atoms in total. The van der Waals surface area contributed by atoms with E-state index in [0.29, 0.717) is 17.5 Å². The summed E-state index contributed by atoms with van der Waals surface area (Å²) in [7, 11) is 0. The summed E-state index contributed by atoms with van der Waals surface area (Å²) in [5.74, 6) is 1.67. The van der Waals surface area contributed by atoms with Crippen molar-refractivity contribution >= 4 is 65.7 Å². The maximum absolute atomic E-state index is 6.93. The van der Waals surface area contributed by atoms with Crippen LogP contribution in [0.25, 0.3) is 128 Å². The van der Waals surface area contributed by atoms with Gasteiger partial charge in [0.15, 0.2) is 23.1 Å². The zero-order valence-electron chi connectivity index (χ0n) is 33.7. The number of rotatable bonds is 6. The first kappa shape index (κ1) is 35.2. The normalized spacial score (nSPS) is 11.8. The molecule has 0 unspecified atom stereocenters. The Morgan fingerprint density at radius 3 is 1.71 bits per heavy atom. The number of hydrogen-bond donors (Lipinski definition) is 0. The van der Waals surface area contributed by atoms with Crippen molar-refractivity contribution < 1.29 is 8.83 Å². The van der Waals surface area contributed by atoms with Crippen LogP contribution in [0.1, 0.15) is 0 Å². The molecule has 0 aliphatic heterocycles. The van der Waals surface area contributed by atoms with Gasteiger partial charge in [0, 0.05) is 49.0 Å². The zero-order chi connectivity index (χ0) is 41.4. The Morgan fingerprint density at radius 2 is 0.921 bits per heavy atom. The molecule has 6 heteroatoms. The van der Waals surface area contributed by atoms with Gasteiger partial charge < -0.3 is 13.4 Å². The lowest BCUT2D eigenvalue weighted by atomic mass is 9.97. The van der Waals surface area contributed by atoms with E-state index in [1.165, 1.54) is 21.9 Å². The summed E-state index contributed by atoms with van der Waals surface area (Å²) in [6.45, 7) is 0. The molecule has 4 aromatic heterocycles. The van der Waals surface area contributed by atoms with Gasteiger partial charge in [-0.15, -0.1) is 0 Å². The van der Waals surface area contributed by atoms with Crippen molar-refractivity contribution in [2.24, 2.45) is 0 Å². The highest BCUT2D eigenvalue weighted by atomic mass is 16.3. The topological polar surface area (TPSA) is 69.9 Å². The fraction of sp³-hybridized carbons (Fsp3) is 0. The number of fused-ring (bicyclic) bond motifs is 9. The minimum atomic E-state index is 0.545. The van der Waals surface area contributed by atoms with Gasteiger partial charge in [-0.25, -0.2) is 15.0 Å². The van der Waals surface area contributed by atoms with Crippen LogP contribution in [0.3, 0.4) is 0 Å². The molecule has 4 heterocycles. The largest absolute Gasteiger partial charge is 0.456 e. The maximum atomic E-state index is 6.93. The average Bonchev–Trinajstić information content (AvgIpc) is 4.03. The lowest BCUT2D eigenvalue weighted by molar-refractivity contribution is 0.666. The molecule has 13 rings (SSSR count). The SMILES string of the molecule is c1ccc(-c2ccc3c(c2)c2ccccc2n3-c2cccc3c2oc2cc(-c4nc(-c5ccccc5)nc(-c5cc(-c6ccccc6)c6c(c5)oc5ccccc56)n4)ccc23)cc1. The first-order valence-corrected chi connectivity index (χ1v) is 21.1. The van der Waals surface area contributed by atoms with Crippen molar-refractivity contribution in [3.05, 3.63) is 206 Å². The summed E-state index contributed by atoms with van der Waals surface area (Å²) in [5, 5.41) is 6.56. The molecule has 0 aliphatic rings. The molecule has 0 aliphatic carbocycles. The highest BCUT2D eigenvalue weighted by molar-refractivity contribution is 6.15. The number of hydrogen-bond acceptors (Lipinski definition) is 5. The van der Waals surface area contributed by atoms with E-state index in [1.807, 2.05) is 48.5 Å². The van der Waals surface area contributed by atoms with E-state index in [4.69, 9.17) is 23.8 Å². The molecule has 0 saturated heterocycles. The van der Waals surface area contributed by atoms with Gasteiger partial charge in [0.2, 0.25) is 0 Å². The molecule has 0 spiro atoms. The molecular formula is C57H34N4O2. The van der Waals surface area contributed by atoms with Crippen LogP contribution in [-0.4, -0.2) is 19.5 Å². The standard InChI is InChI=1S/C57H34N4O2/c1-4-15-35(16-5-1)38-28-30-48-46(31-38)41-21-10-12-24-47(41)61(48)49-25-14-23-43-42-29-27-39(33-51(42)63-54(43)49)56-58-55(37-19-8-3-9-20-37)59-57(60-56)40-32-45(36-17-6-2-7-18-36)53-44-22-11-13-26-50(44)62-52(53)34-40/h1-34H. The number of para-hydroxylation sites is 3. The number of nitrogens with zero attached hydrogens (tertiary/aromatic N) is 4. The van der Waals surface area contributed by atoms with Crippen LogP contribution < -0.4 is 0 Å². The Bertz CT molecular complexity index is 3900. The molecule has 0 atom stereocenters. The van der Waals surface area contributed by atoms with Gasteiger partial charge in [0.1, 0.15) is 16.7 Å². The van der Waals surface area contributed by atoms with Crippen LogP contribution >= 0.6 is 0 Å². The van der Waals surface area contributed by atoms with E-state index in [-0.39, 0.29) is 0 Å². The Hall–Kier alpha value is -8.61. The Labute approximate surface area is 361 Å². The minimum absolute atomic E-state index is 0.545. The van der Waals surface area contributed by atoms with Gasteiger partial charge in [0.25, 0.3) is 0 Å². The third-order valence-electron chi connectivity index (χ3n) is 12.2. The van der Waals surface area contributed by atoms with Crippen LogP contribution in [0.2, 0.25) is 0 Å². The van der Waals surface area contributed by atoms with Gasteiger partial charge in [-0.3, -0.25) is 0 Å². The summed E-state index contributed by atoms with van der Waals surface area (Å²) in [4.78, 5) is 15.4. The van der Waals surface area contributed by atoms with Crippen LogP contribution in [0, 0.1) is 0 Å². The molecular weight excluding hydrogens is 773 g/mol. The summed E-state index contributed by atoms with van der Waals surface area (Å²) in [5.41, 5.74) is 13.4. The Morgan fingerprint density at radius 1 is 0.317 bits per heavy atom. The highest BCUT2D eigenvalue weighted by Gasteiger charge is 2.21. The fourth-order valence-corrected chi connectivity index (χ4v) is 9.32. The van der Waals surface area contributed by atoms with Crippen LogP contribution in [0.4, 0.5) is 0 Å². The summed E-state index contributed by atoms with van der Waals surface area (Å²) in [6, 6.07) is 71.5. The molecule has 294 valence electrons. The van der Waals surface area contributed by atoms with Crippen molar-refractivity contribution in [1.82, 2.24) is 19.5 Å². The van der Waals surface area contributed by atoms with Gasteiger partial charge in [-0.2, -0.15) is 0 Å². The smallest absolute Gasteiger partial charge is 0.164 e. The molecule has 9 aromatic carbocycles. The average molecular weight is 807 g/mol. The third kappa shape index (κ3) is 5.69. The second-order valence-corrected chi connectivity index (χ2v) is 16.0. The number of benzene rings is 9. The number of furan rings is 2. The van der Waals surface area contributed by atoms with Crippen LogP contribution in [0.15, 0.2) is 215 Å². The van der Waals surface area contributed by atoms with E-state index >= 15 is 0 Å². The predicted molar refractivity (Wildman–Crippen MR) is 256 cm³/mol. The van der Waals surface area contributed by atoms with Crippen molar-refractivity contribution in [3.8, 4) is 62.1 Å². The summed E-state index contributed by atoms with van der Waals surface area (Å²) >= 11 is 0. The summed E-state index contributed by atoms with van der Waals surface area (Å²) in [6.07, 6.45) is 0. The van der Waals surface area contributed by atoms with Crippen molar-refractivity contribution in [2.75, 3.05) is 0 Å². The first-order chi connectivity index (χ1) is 31.2. The van der Waals surface area contributed by atoms with Gasteiger partial charge >= 0.3 is 0 Å². The molecule has 0 N–H and O–H groups in total. The quantitative estimate of drug-likeness (QED) is 0.167. The van der Waals surface area contributed by atoms with Crippen LogP contribution in [-0.2, 0) is 0 Å². The second kappa shape index (κ2) is 14.0. The van der Waals surface area contributed by atoms with Crippen molar-refractivity contribution in [3.63, 3.8) is 0 Å². The van der Waals surface area contributed by atoms with E-state index in [0.717, 1.165) is 88.4 Å². The lowest BCUT2D eigenvalue weighted by Crippen LogP contribution is -2.00. The lowest BCUT2D eigenvalue weighted by Gasteiger charge is -2.11. The van der Waals surface area contributed by atoms with E-state index in [9.17, 15) is 0 Å². The monoisotopic (exact) mass is 806 g/mol. The highest BCUT2D eigenvalue weighted by Crippen LogP contribution is 2.42. The Kier molecular flexibility index (Phi) is 7.80. The third-order valence-corrected chi connectivity index (χ3v) is 12.2. The molecule has 0 bridgehead atoms. The van der Waals surface area contributed by atoms with Gasteiger partial charge in [-0.1, -0.05) is 152 Å². The molecule has 0 fully saturated rings. The molecule has 0 radical (unpaired) electrons. The number of aromatic nitrogens is 4. The van der Waals surface area contributed by atoms with E-state index < -0.39 is 0 Å². The fourth-order valence-electron chi connectivity index (χ4n) is 9.32. The molecule has 13 aromatic rings. The van der Waals surface area contributed by atoms with E-state index in [2.05, 4.69) is 162 Å². The van der Waals surface area contributed by atoms with Crippen molar-refractivity contribution in [2.45, 2.75) is 0 Å². The van der Waals surface area contributed by atoms with Crippen molar-refractivity contribution in [1.29, 1.82) is 0 Å². The molecule has 0 saturated carbocycles. The second-order valence-electron chi connectivity index (χ2n) is 16.0. The summed E-state index contributed by atoms with van der Waals surface area (Å²) < 4.78 is 15.8. The zero-order valence-corrected chi connectivity index (χ0v) is 33.7. The maximum Gasteiger partial charge on any atom is 0.164 e. The molecule has 0 amide bonds. The van der Waals surface area contributed by atoms with E-state index in [1.54, 1.807) is 0 Å². The van der Waals surface area contributed by atoms with Gasteiger partial charge in [0.05, 0.1) is 16.7 Å².